The fourth-order valence-corrected chi connectivity index (χ4v) is 2.75. The van der Waals surface area contributed by atoms with E-state index in [1.165, 1.54) is 0 Å². The highest BCUT2D eigenvalue weighted by Crippen LogP contribution is 2.40. The number of hydrogen-bond acceptors (Lipinski definition) is 4. The molecule has 124 valence electrons. The van der Waals surface area contributed by atoms with Gasteiger partial charge in [0.25, 0.3) is 0 Å². The molecule has 1 aromatic carbocycles. The maximum Gasteiger partial charge on any atom is 0.334 e. The molecule has 0 unspecified atom stereocenters. The number of aromatic nitrogens is 2. The Morgan fingerprint density at radius 2 is 1.28 bits per heavy atom. The molecule has 0 N–H and O–H groups in total. The van der Waals surface area contributed by atoms with E-state index in [4.69, 9.17) is 4.74 Å². The fourth-order valence-electron chi connectivity index (χ4n) is 2.75. The second-order valence-corrected chi connectivity index (χ2v) is 5.69. The third-order valence-electron chi connectivity index (χ3n) is 3.95. The minimum absolute atomic E-state index is 0.336. The average Bonchev–Trinajstić information content (AvgIpc) is 2.68. The zero-order valence-electron chi connectivity index (χ0n) is 13.9. The van der Waals surface area contributed by atoms with Crippen molar-refractivity contribution in [2.75, 3.05) is 0 Å². The predicted molar refractivity (Wildman–Crippen MR) is 95.7 cm³/mol. The van der Waals surface area contributed by atoms with Crippen LogP contribution in [0.5, 0.6) is 0 Å². The van der Waals surface area contributed by atoms with Gasteiger partial charge in [-0.1, -0.05) is 36.9 Å². The summed E-state index contributed by atoms with van der Waals surface area (Å²) in [4.78, 5) is 20.7. The van der Waals surface area contributed by atoms with Crippen molar-refractivity contribution in [2.24, 2.45) is 0 Å². The van der Waals surface area contributed by atoms with Crippen LogP contribution in [0, 0.1) is 0 Å². The molecule has 3 aromatic rings. The molecule has 3 rings (SSSR count). The van der Waals surface area contributed by atoms with Gasteiger partial charge in [-0.05, 0) is 31.2 Å². The molecule has 4 nitrogen and oxygen atoms in total. The summed E-state index contributed by atoms with van der Waals surface area (Å²) in [5.74, 6) is -0.461. The molecule has 2 heterocycles. The monoisotopic (exact) mass is 330 g/mol. The molecule has 25 heavy (non-hydrogen) atoms. The molecular weight excluding hydrogens is 312 g/mol. The summed E-state index contributed by atoms with van der Waals surface area (Å²) in [6, 6.07) is 17.0. The first kappa shape index (κ1) is 16.6. The van der Waals surface area contributed by atoms with Crippen LogP contribution in [0.3, 0.4) is 0 Å². The van der Waals surface area contributed by atoms with Crippen LogP contribution in [0.15, 0.2) is 91.5 Å². The Kier molecular flexibility index (Phi) is 4.70. The van der Waals surface area contributed by atoms with Crippen LogP contribution in [-0.2, 0) is 15.1 Å². The van der Waals surface area contributed by atoms with Crippen molar-refractivity contribution in [3.05, 3.63) is 108 Å². The van der Waals surface area contributed by atoms with Gasteiger partial charge in [-0.3, -0.25) is 9.97 Å². The number of esters is 1. The standard InChI is InChI=1S/C21H18N2O2/c1-16(2)20(24)25-21(17-6-4-3-5-7-17,18-8-12-22-13-9-18)19-10-14-23-15-11-19/h3-15H,1H2,2H3. The summed E-state index contributed by atoms with van der Waals surface area (Å²) in [5, 5.41) is 0. The van der Waals surface area contributed by atoms with Gasteiger partial charge in [0.05, 0.1) is 0 Å². The lowest BCUT2D eigenvalue weighted by Crippen LogP contribution is -2.35. The highest BCUT2D eigenvalue weighted by molar-refractivity contribution is 5.88. The predicted octanol–water partition coefficient (Wildman–Crippen LogP) is 3.89. The lowest BCUT2D eigenvalue weighted by Gasteiger charge is -2.35. The maximum absolute atomic E-state index is 12.5. The van der Waals surface area contributed by atoms with Crippen LogP contribution >= 0.6 is 0 Å². The highest BCUT2D eigenvalue weighted by Gasteiger charge is 2.40. The number of carbonyl (C=O) groups excluding carboxylic acids is 1. The number of carbonyl (C=O) groups is 1. The van der Waals surface area contributed by atoms with Gasteiger partial charge in [0.1, 0.15) is 0 Å². The molecule has 0 saturated heterocycles. The Hall–Kier alpha value is -3.27. The molecule has 0 spiro atoms. The molecule has 0 bridgehead atoms. The van der Waals surface area contributed by atoms with E-state index in [9.17, 15) is 4.79 Å². The van der Waals surface area contributed by atoms with Crippen LogP contribution in [-0.4, -0.2) is 15.9 Å². The summed E-state index contributed by atoms with van der Waals surface area (Å²) in [5.41, 5.74) is 1.66. The van der Waals surface area contributed by atoms with Gasteiger partial charge >= 0.3 is 5.97 Å². The molecular formula is C21H18N2O2. The zero-order chi connectivity index (χ0) is 17.7. The van der Waals surface area contributed by atoms with Crippen molar-refractivity contribution in [3.8, 4) is 0 Å². The SMILES string of the molecule is C=C(C)C(=O)OC(c1ccccc1)(c1ccncc1)c1ccncc1. The number of nitrogens with zero attached hydrogens (tertiary/aromatic N) is 2. The van der Waals surface area contributed by atoms with Crippen LogP contribution < -0.4 is 0 Å². The van der Waals surface area contributed by atoms with Crippen LogP contribution in [0.4, 0.5) is 0 Å². The van der Waals surface area contributed by atoms with Gasteiger partial charge in [-0.15, -0.1) is 0 Å². The fraction of sp³-hybridized carbons (Fsp3) is 0.0952. The molecule has 4 heteroatoms. The summed E-state index contributed by atoms with van der Waals surface area (Å²) in [7, 11) is 0. The van der Waals surface area contributed by atoms with Crippen molar-refractivity contribution in [1.82, 2.24) is 9.97 Å². The Bertz CT molecular complexity index is 766. The molecule has 2 aromatic heterocycles. The quantitative estimate of drug-likeness (QED) is 0.526. The minimum Gasteiger partial charge on any atom is -0.441 e. The second kappa shape index (κ2) is 7.09. The van der Waals surface area contributed by atoms with Crippen LogP contribution in [0.25, 0.3) is 0 Å². The topological polar surface area (TPSA) is 52.1 Å². The Labute approximate surface area is 146 Å². The summed E-state index contributed by atoms with van der Waals surface area (Å²) >= 11 is 0. The first-order chi connectivity index (χ1) is 12.1. The highest BCUT2D eigenvalue weighted by atomic mass is 16.6. The summed E-state index contributed by atoms with van der Waals surface area (Å²) in [6.45, 7) is 5.36. The maximum atomic E-state index is 12.5. The van der Waals surface area contributed by atoms with Gasteiger partial charge in [-0.2, -0.15) is 0 Å². The number of hydrogen-bond donors (Lipinski definition) is 0. The molecule has 0 saturated carbocycles. The minimum atomic E-state index is -1.11. The smallest absolute Gasteiger partial charge is 0.334 e. The van der Waals surface area contributed by atoms with Crippen LogP contribution in [0.2, 0.25) is 0 Å². The Morgan fingerprint density at radius 3 is 1.72 bits per heavy atom. The van der Waals surface area contributed by atoms with E-state index in [-0.39, 0.29) is 0 Å². The van der Waals surface area contributed by atoms with E-state index in [1.54, 1.807) is 31.7 Å². The third-order valence-corrected chi connectivity index (χ3v) is 3.95. The van der Waals surface area contributed by atoms with Gasteiger partial charge in [0.15, 0.2) is 5.60 Å². The van der Waals surface area contributed by atoms with Gasteiger partial charge in [0, 0.05) is 47.1 Å². The van der Waals surface area contributed by atoms with Crippen molar-refractivity contribution in [2.45, 2.75) is 12.5 Å². The Balaban J connectivity index is 2.31. The first-order valence-electron chi connectivity index (χ1n) is 7.90. The largest absolute Gasteiger partial charge is 0.441 e. The number of benzene rings is 1. The number of ether oxygens (including phenoxy) is 1. The third kappa shape index (κ3) is 3.19. The lowest BCUT2D eigenvalue weighted by atomic mass is 9.80. The molecule has 0 fully saturated rings. The van der Waals surface area contributed by atoms with E-state index in [0.717, 1.165) is 16.7 Å². The Morgan fingerprint density at radius 1 is 0.840 bits per heavy atom. The van der Waals surface area contributed by atoms with E-state index < -0.39 is 11.6 Å². The van der Waals surface area contributed by atoms with Crippen molar-refractivity contribution in [1.29, 1.82) is 0 Å². The zero-order valence-corrected chi connectivity index (χ0v) is 13.9. The van der Waals surface area contributed by atoms with Crippen LogP contribution in [0.1, 0.15) is 23.6 Å². The van der Waals surface area contributed by atoms with Gasteiger partial charge in [0.2, 0.25) is 0 Å². The first-order valence-corrected chi connectivity index (χ1v) is 7.90. The molecule has 0 aliphatic heterocycles. The van der Waals surface area contributed by atoms with E-state index in [1.807, 2.05) is 54.6 Å². The van der Waals surface area contributed by atoms with E-state index >= 15 is 0 Å². The molecule has 0 radical (unpaired) electrons. The number of rotatable bonds is 5. The molecule has 0 aliphatic rings. The van der Waals surface area contributed by atoms with Crippen molar-refractivity contribution >= 4 is 5.97 Å². The average molecular weight is 330 g/mol. The second-order valence-electron chi connectivity index (χ2n) is 5.69. The molecule has 0 atom stereocenters. The van der Waals surface area contributed by atoms with E-state index in [0.29, 0.717) is 5.57 Å². The van der Waals surface area contributed by atoms with Crippen molar-refractivity contribution in [3.63, 3.8) is 0 Å². The van der Waals surface area contributed by atoms with Crippen molar-refractivity contribution < 1.29 is 9.53 Å². The number of pyridine rings is 2. The summed E-state index contributed by atoms with van der Waals surface area (Å²) in [6.07, 6.45) is 6.73. The lowest BCUT2D eigenvalue weighted by molar-refractivity contribution is -0.148. The normalized spacial score (nSPS) is 10.9. The van der Waals surface area contributed by atoms with E-state index in [2.05, 4.69) is 16.5 Å². The molecule has 0 amide bonds. The van der Waals surface area contributed by atoms with Gasteiger partial charge < -0.3 is 4.74 Å². The summed E-state index contributed by atoms with van der Waals surface area (Å²) < 4.78 is 6.06. The van der Waals surface area contributed by atoms with Gasteiger partial charge in [-0.25, -0.2) is 4.79 Å². The molecule has 0 aliphatic carbocycles.